The van der Waals surface area contributed by atoms with E-state index < -0.39 is 42.5 Å². The predicted molar refractivity (Wildman–Crippen MR) is 159 cm³/mol. The number of aromatic nitrogens is 2. The van der Waals surface area contributed by atoms with Gasteiger partial charge in [0.1, 0.15) is 12.6 Å². The van der Waals surface area contributed by atoms with Gasteiger partial charge in [0.25, 0.3) is 0 Å². The van der Waals surface area contributed by atoms with Crippen LogP contribution in [0, 0.1) is 0 Å². The summed E-state index contributed by atoms with van der Waals surface area (Å²) in [4.78, 5) is 45.8. The Morgan fingerprint density at radius 2 is 1.29 bits per heavy atom. The summed E-state index contributed by atoms with van der Waals surface area (Å²) < 4.78 is 5.31. The number of aliphatic hydroxyl groups is 1. The van der Waals surface area contributed by atoms with Crippen LogP contribution in [0.3, 0.4) is 0 Å². The van der Waals surface area contributed by atoms with Gasteiger partial charge in [-0.15, -0.1) is 0 Å². The molecule has 3 atom stereocenters. The lowest BCUT2D eigenvalue weighted by Gasteiger charge is -2.23. The third-order valence-electron chi connectivity index (χ3n) is 7.19. The fourth-order valence-electron chi connectivity index (χ4n) is 4.92. The number of para-hydroxylation sites is 2. The number of nitrogens with two attached hydrogens (primary N) is 1. The van der Waals surface area contributed by atoms with Crippen LogP contribution < -0.4 is 16.4 Å². The molecule has 5 rings (SSSR count). The van der Waals surface area contributed by atoms with Crippen LogP contribution in [0.15, 0.2) is 91.3 Å². The quantitative estimate of drug-likeness (QED) is 0.127. The van der Waals surface area contributed by atoms with Gasteiger partial charge in [-0.1, -0.05) is 66.7 Å². The zero-order chi connectivity index (χ0) is 29.5. The summed E-state index contributed by atoms with van der Waals surface area (Å²) in [6, 6.07) is 21.1. The number of rotatable bonds is 12. The second-order valence-corrected chi connectivity index (χ2v) is 10.1. The molecule has 0 aliphatic carbocycles. The van der Waals surface area contributed by atoms with E-state index >= 15 is 0 Å². The summed E-state index contributed by atoms with van der Waals surface area (Å²) in [6.07, 6.45) is 3.97. The van der Waals surface area contributed by atoms with E-state index in [1.165, 1.54) is 0 Å². The number of esters is 1. The molecule has 2 aromatic heterocycles. The van der Waals surface area contributed by atoms with Crippen molar-refractivity contribution in [2.75, 3.05) is 6.61 Å². The summed E-state index contributed by atoms with van der Waals surface area (Å²) in [5, 5.41) is 17.1. The number of fused-ring (bicyclic) bond motifs is 2. The average molecular weight is 568 g/mol. The van der Waals surface area contributed by atoms with Gasteiger partial charge in [-0.05, 0) is 35.2 Å². The Bertz CT molecular complexity index is 1680. The molecule has 0 unspecified atom stereocenters. The summed E-state index contributed by atoms with van der Waals surface area (Å²) in [5.41, 5.74) is 10.6. The molecule has 10 heteroatoms. The van der Waals surface area contributed by atoms with E-state index in [9.17, 15) is 19.5 Å². The van der Waals surface area contributed by atoms with Crippen LogP contribution in [-0.2, 0) is 38.6 Å². The minimum absolute atomic E-state index is 0.00968. The summed E-state index contributed by atoms with van der Waals surface area (Å²) in [7, 11) is 0. The zero-order valence-electron chi connectivity index (χ0n) is 22.9. The predicted octanol–water partition coefficient (Wildman–Crippen LogP) is 2.47. The fraction of sp³-hybridized carbons (Fsp3) is 0.219. The fourth-order valence-corrected chi connectivity index (χ4v) is 4.92. The number of hydrogen-bond acceptors (Lipinski definition) is 6. The van der Waals surface area contributed by atoms with Gasteiger partial charge in [0, 0.05) is 40.6 Å². The van der Waals surface area contributed by atoms with Crippen molar-refractivity contribution < 1.29 is 24.2 Å². The Balaban J connectivity index is 1.30. The first-order valence-corrected chi connectivity index (χ1v) is 13.7. The third-order valence-corrected chi connectivity index (χ3v) is 7.19. The van der Waals surface area contributed by atoms with E-state index in [2.05, 4.69) is 20.6 Å². The SMILES string of the molecule is N[C@@H](Cc1c[nH]c2ccccc12)C(=O)N[C@@H](Cc1c[nH]c2ccccc12)C(=O)N[C@@H](CO)C(=O)OCc1ccccc1. The summed E-state index contributed by atoms with van der Waals surface area (Å²) in [5.74, 6) is -1.96. The maximum absolute atomic E-state index is 13.5. The Morgan fingerprint density at radius 1 is 0.738 bits per heavy atom. The molecule has 3 aromatic carbocycles. The lowest BCUT2D eigenvalue weighted by molar-refractivity contribution is -0.150. The third kappa shape index (κ3) is 6.68. The molecule has 7 N–H and O–H groups in total. The maximum Gasteiger partial charge on any atom is 0.331 e. The molecule has 0 saturated heterocycles. The van der Waals surface area contributed by atoms with Crippen LogP contribution in [-0.4, -0.2) is 57.6 Å². The summed E-state index contributed by atoms with van der Waals surface area (Å²) >= 11 is 0. The molecular formula is C32H33N5O5. The van der Waals surface area contributed by atoms with Crippen LogP contribution in [0.5, 0.6) is 0 Å². The molecule has 0 aliphatic heterocycles. The number of carbonyl (C=O) groups is 3. The van der Waals surface area contributed by atoms with Crippen molar-refractivity contribution in [1.82, 2.24) is 20.6 Å². The molecule has 0 saturated carbocycles. The van der Waals surface area contributed by atoms with Gasteiger partial charge >= 0.3 is 5.97 Å². The van der Waals surface area contributed by atoms with Crippen molar-refractivity contribution in [3.05, 3.63) is 108 Å². The number of aromatic amines is 2. The monoisotopic (exact) mass is 567 g/mol. The van der Waals surface area contributed by atoms with E-state index in [1.54, 1.807) is 18.3 Å². The standard InChI is InChI=1S/C32H33N5O5/c33-25(14-21-16-34-26-12-6-4-10-23(21)26)30(39)36-28(15-22-17-35-27-13-7-5-11-24(22)27)31(40)37-29(18-38)32(41)42-19-20-8-2-1-3-9-20/h1-13,16-17,25,28-29,34-35,38H,14-15,18-19,33H2,(H,36,39)(H,37,40)/t25-,28-,29-/m0/s1. The first-order chi connectivity index (χ1) is 20.4. The number of hydrogen-bond donors (Lipinski definition) is 6. The van der Waals surface area contributed by atoms with Crippen molar-refractivity contribution in [3.63, 3.8) is 0 Å². The zero-order valence-corrected chi connectivity index (χ0v) is 22.9. The highest BCUT2D eigenvalue weighted by Crippen LogP contribution is 2.21. The molecule has 2 heterocycles. The number of H-pyrrole nitrogens is 2. The minimum atomic E-state index is -1.32. The van der Waals surface area contributed by atoms with Gasteiger partial charge in [0.15, 0.2) is 6.04 Å². The molecule has 2 amide bonds. The molecule has 5 aromatic rings. The van der Waals surface area contributed by atoms with Gasteiger partial charge in [-0.3, -0.25) is 9.59 Å². The molecule has 42 heavy (non-hydrogen) atoms. The van der Waals surface area contributed by atoms with Gasteiger partial charge in [-0.25, -0.2) is 4.79 Å². The Kier molecular flexibility index (Phi) is 8.96. The second kappa shape index (κ2) is 13.2. The average Bonchev–Trinajstić information content (AvgIpc) is 3.62. The highest BCUT2D eigenvalue weighted by atomic mass is 16.5. The van der Waals surface area contributed by atoms with Crippen LogP contribution in [0.25, 0.3) is 21.8 Å². The number of amides is 2. The number of ether oxygens (including phenoxy) is 1. The molecule has 10 nitrogen and oxygen atoms in total. The lowest BCUT2D eigenvalue weighted by atomic mass is 10.0. The first kappa shape index (κ1) is 28.6. The highest BCUT2D eigenvalue weighted by Gasteiger charge is 2.29. The molecular weight excluding hydrogens is 534 g/mol. The van der Waals surface area contributed by atoms with Gasteiger partial charge in [0.05, 0.1) is 12.6 Å². The van der Waals surface area contributed by atoms with Crippen molar-refractivity contribution >= 4 is 39.6 Å². The van der Waals surface area contributed by atoms with Crippen LogP contribution in [0.4, 0.5) is 0 Å². The van der Waals surface area contributed by atoms with E-state index in [0.717, 1.165) is 38.5 Å². The molecule has 0 fully saturated rings. The Hall–Kier alpha value is -4.93. The van der Waals surface area contributed by atoms with Crippen LogP contribution >= 0.6 is 0 Å². The van der Waals surface area contributed by atoms with Gasteiger partial charge < -0.3 is 36.2 Å². The largest absolute Gasteiger partial charge is 0.459 e. The first-order valence-electron chi connectivity index (χ1n) is 13.7. The smallest absolute Gasteiger partial charge is 0.331 e. The van der Waals surface area contributed by atoms with Crippen molar-refractivity contribution in [1.29, 1.82) is 0 Å². The molecule has 0 radical (unpaired) electrons. The molecule has 216 valence electrons. The van der Waals surface area contributed by atoms with Crippen molar-refractivity contribution in [2.45, 2.75) is 37.6 Å². The maximum atomic E-state index is 13.5. The van der Waals surface area contributed by atoms with E-state index in [4.69, 9.17) is 10.5 Å². The van der Waals surface area contributed by atoms with Crippen molar-refractivity contribution in [3.8, 4) is 0 Å². The van der Waals surface area contributed by atoms with Gasteiger partial charge in [0.2, 0.25) is 11.8 Å². The van der Waals surface area contributed by atoms with E-state index in [0.29, 0.717) is 0 Å². The summed E-state index contributed by atoms with van der Waals surface area (Å²) in [6.45, 7) is -0.683. The topological polar surface area (TPSA) is 162 Å². The van der Waals surface area contributed by atoms with Gasteiger partial charge in [-0.2, -0.15) is 0 Å². The number of aliphatic hydroxyl groups excluding tert-OH is 1. The van der Waals surface area contributed by atoms with E-state index in [1.807, 2.05) is 72.9 Å². The molecule has 0 bridgehead atoms. The van der Waals surface area contributed by atoms with E-state index in [-0.39, 0.29) is 19.4 Å². The normalized spacial score (nSPS) is 13.4. The Labute approximate surface area is 242 Å². The number of nitrogens with one attached hydrogen (secondary N) is 4. The van der Waals surface area contributed by atoms with Crippen LogP contribution in [0.1, 0.15) is 16.7 Å². The lowest BCUT2D eigenvalue weighted by Crippen LogP contribution is -2.56. The van der Waals surface area contributed by atoms with Crippen LogP contribution in [0.2, 0.25) is 0 Å². The highest BCUT2D eigenvalue weighted by molar-refractivity contribution is 5.93. The second-order valence-electron chi connectivity index (χ2n) is 10.1. The number of carbonyl (C=O) groups excluding carboxylic acids is 3. The number of benzene rings is 3. The minimum Gasteiger partial charge on any atom is -0.459 e. The molecule has 0 aliphatic rings. The molecule has 0 spiro atoms. The van der Waals surface area contributed by atoms with Crippen molar-refractivity contribution in [2.24, 2.45) is 5.73 Å². The Morgan fingerprint density at radius 3 is 1.90 bits per heavy atom.